The van der Waals surface area contributed by atoms with Gasteiger partial charge in [-0.2, -0.15) is 5.10 Å². The number of aromatic nitrogens is 3. The highest BCUT2D eigenvalue weighted by molar-refractivity contribution is 5.24. The quantitative estimate of drug-likeness (QED) is 0.900. The lowest BCUT2D eigenvalue weighted by atomic mass is 9.89. The number of hydrogen-bond donors (Lipinski definition) is 1. The standard InChI is InChI=1S/C16H21N3/c1-12(13-8-4-2-5-9-13)15-17-16(19-18-15)14-10-6-3-7-11-14/h2,4-5,8-9,12,14H,3,6-7,10-11H2,1H3,(H,17,18,19). The molecule has 1 heterocycles. The highest BCUT2D eigenvalue weighted by Gasteiger charge is 2.21. The van der Waals surface area contributed by atoms with E-state index < -0.39 is 0 Å². The molecule has 1 saturated carbocycles. The van der Waals surface area contributed by atoms with E-state index in [-0.39, 0.29) is 5.92 Å². The number of H-pyrrole nitrogens is 1. The summed E-state index contributed by atoms with van der Waals surface area (Å²) >= 11 is 0. The van der Waals surface area contributed by atoms with Crippen LogP contribution in [0.5, 0.6) is 0 Å². The summed E-state index contributed by atoms with van der Waals surface area (Å²) in [7, 11) is 0. The first-order chi connectivity index (χ1) is 9.34. The second-order valence-electron chi connectivity index (χ2n) is 5.55. The molecule has 0 radical (unpaired) electrons. The normalized spacial score (nSPS) is 18.4. The van der Waals surface area contributed by atoms with Crippen LogP contribution in [0.4, 0.5) is 0 Å². The Hall–Kier alpha value is -1.64. The van der Waals surface area contributed by atoms with Gasteiger partial charge in [0.25, 0.3) is 0 Å². The van der Waals surface area contributed by atoms with Gasteiger partial charge >= 0.3 is 0 Å². The van der Waals surface area contributed by atoms with Gasteiger partial charge in [0.1, 0.15) is 5.82 Å². The molecule has 2 aromatic rings. The molecule has 100 valence electrons. The maximum atomic E-state index is 4.74. The summed E-state index contributed by atoms with van der Waals surface area (Å²) < 4.78 is 0. The Balaban J connectivity index is 1.77. The summed E-state index contributed by atoms with van der Waals surface area (Å²) in [5.74, 6) is 2.87. The Kier molecular flexibility index (Phi) is 3.62. The minimum Gasteiger partial charge on any atom is -0.263 e. The average Bonchev–Trinajstić information content (AvgIpc) is 2.98. The van der Waals surface area contributed by atoms with Crippen molar-refractivity contribution in [3.8, 4) is 0 Å². The van der Waals surface area contributed by atoms with Crippen molar-refractivity contribution in [1.82, 2.24) is 15.2 Å². The van der Waals surface area contributed by atoms with E-state index in [1.165, 1.54) is 37.7 Å². The molecule has 1 aromatic heterocycles. The Bertz CT molecular complexity index is 512. The largest absolute Gasteiger partial charge is 0.263 e. The smallest absolute Gasteiger partial charge is 0.157 e. The number of rotatable bonds is 3. The van der Waals surface area contributed by atoms with E-state index in [9.17, 15) is 0 Å². The van der Waals surface area contributed by atoms with E-state index in [1.54, 1.807) is 0 Å². The molecule has 1 aliphatic rings. The molecular formula is C16H21N3. The zero-order valence-corrected chi connectivity index (χ0v) is 11.5. The second-order valence-corrected chi connectivity index (χ2v) is 5.55. The zero-order valence-electron chi connectivity index (χ0n) is 11.5. The van der Waals surface area contributed by atoms with Crippen LogP contribution in [0.15, 0.2) is 30.3 Å². The fourth-order valence-corrected chi connectivity index (χ4v) is 2.93. The Morgan fingerprint density at radius 1 is 1.11 bits per heavy atom. The monoisotopic (exact) mass is 255 g/mol. The Labute approximate surface area is 114 Å². The van der Waals surface area contributed by atoms with E-state index in [1.807, 2.05) is 6.07 Å². The highest BCUT2D eigenvalue weighted by Crippen LogP contribution is 2.31. The van der Waals surface area contributed by atoms with Gasteiger partial charge < -0.3 is 0 Å². The molecule has 0 aliphatic heterocycles. The summed E-state index contributed by atoms with van der Waals surface area (Å²) in [5.41, 5.74) is 1.27. The number of nitrogens with one attached hydrogen (secondary N) is 1. The van der Waals surface area contributed by atoms with Crippen LogP contribution in [-0.4, -0.2) is 15.2 Å². The molecule has 1 fully saturated rings. The SMILES string of the molecule is CC(c1ccccc1)c1n[nH]c(C2CCCCC2)n1. The van der Waals surface area contributed by atoms with Crippen molar-refractivity contribution in [2.45, 2.75) is 50.9 Å². The lowest BCUT2D eigenvalue weighted by molar-refractivity contribution is 0.429. The van der Waals surface area contributed by atoms with E-state index in [4.69, 9.17) is 4.98 Å². The first-order valence-electron chi connectivity index (χ1n) is 7.31. The lowest BCUT2D eigenvalue weighted by Crippen LogP contribution is -2.06. The summed E-state index contributed by atoms with van der Waals surface area (Å²) in [5, 5.41) is 7.60. The average molecular weight is 255 g/mol. The lowest BCUT2D eigenvalue weighted by Gasteiger charge is -2.18. The third-order valence-corrected chi connectivity index (χ3v) is 4.20. The van der Waals surface area contributed by atoms with Gasteiger partial charge in [-0.15, -0.1) is 0 Å². The summed E-state index contributed by atoms with van der Waals surface area (Å²) in [6.45, 7) is 2.17. The summed E-state index contributed by atoms with van der Waals surface area (Å²) in [6.07, 6.45) is 6.55. The third kappa shape index (κ3) is 2.70. The van der Waals surface area contributed by atoms with Gasteiger partial charge in [0.2, 0.25) is 0 Å². The molecule has 0 bridgehead atoms. The van der Waals surface area contributed by atoms with Crippen LogP contribution in [0.25, 0.3) is 0 Å². The molecule has 1 aliphatic carbocycles. The summed E-state index contributed by atoms with van der Waals surface area (Å²) in [4.78, 5) is 4.74. The van der Waals surface area contributed by atoms with Crippen molar-refractivity contribution in [3.05, 3.63) is 47.5 Å². The highest BCUT2D eigenvalue weighted by atomic mass is 15.2. The first kappa shape index (κ1) is 12.4. The molecule has 1 aromatic carbocycles. The molecule has 1 atom stereocenters. The fourth-order valence-electron chi connectivity index (χ4n) is 2.93. The molecule has 19 heavy (non-hydrogen) atoms. The molecule has 3 nitrogen and oxygen atoms in total. The molecule has 3 heteroatoms. The molecule has 3 rings (SSSR count). The molecule has 1 unspecified atom stereocenters. The van der Waals surface area contributed by atoms with Crippen LogP contribution < -0.4 is 0 Å². The van der Waals surface area contributed by atoms with Gasteiger partial charge in [-0.25, -0.2) is 4.98 Å². The zero-order chi connectivity index (χ0) is 13.1. The number of nitrogens with zero attached hydrogens (tertiary/aromatic N) is 2. The minimum atomic E-state index is 0.259. The van der Waals surface area contributed by atoms with Crippen LogP contribution in [0.1, 0.15) is 68.1 Å². The molecule has 0 saturated heterocycles. The van der Waals surface area contributed by atoms with Crippen LogP contribution in [-0.2, 0) is 0 Å². The van der Waals surface area contributed by atoms with E-state index in [0.29, 0.717) is 5.92 Å². The van der Waals surface area contributed by atoms with Gasteiger partial charge in [-0.3, -0.25) is 5.10 Å². The van der Waals surface area contributed by atoms with Crippen LogP contribution in [0.2, 0.25) is 0 Å². The fraction of sp³-hybridized carbons (Fsp3) is 0.500. The maximum Gasteiger partial charge on any atom is 0.157 e. The van der Waals surface area contributed by atoms with Crippen molar-refractivity contribution in [2.75, 3.05) is 0 Å². The van der Waals surface area contributed by atoms with Gasteiger partial charge in [0.15, 0.2) is 5.82 Å². The Morgan fingerprint density at radius 2 is 1.84 bits per heavy atom. The van der Waals surface area contributed by atoms with E-state index >= 15 is 0 Å². The van der Waals surface area contributed by atoms with Crippen LogP contribution in [0, 0.1) is 0 Å². The predicted molar refractivity (Wildman–Crippen MR) is 76.2 cm³/mol. The number of aromatic amines is 1. The second kappa shape index (κ2) is 5.55. The van der Waals surface area contributed by atoms with Crippen molar-refractivity contribution >= 4 is 0 Å². The summed E-state index contributed by atoms with van der Waals surface area (Å²) in [6, 6.07) is 10.5. The van der Waals surface area contributed by atoms with Crippen molar-refractivity contribution in [1.29, 1.82) is 0 Å². The topological polar surface area (TPSA) is 41.6 Å². The third-order valence-electron chi connectivity index (χ3n) is 4.20. The number of hydrogen-bond acceptors (Lipinski definition) is 2. The van der Waals surface area contributed by atoms with Crippen LogP contribution in [0.3, 0.4) is 0 Å². The van der Waals surface area contributed by atoms with Gasteiger partial charge in [0.05, 0.1) is 0 Å². The Morgan fingerprint density at radius 3 is 2.58 bits per heavy atom. The van der Waals surface area contributed by atoms with Gasteiger partial charge in [-0.05, 0) is 18.4 Å². The molecule has 0 spiro atoms. The molecule has 0 amide bonds. The van der Waals surface area contributed by atoms with Crippen molar-refractivity contribution < 1.29 is 0 Å². The van der Waals surface area contributed by atoms with Gasteiger partial charge in [-0.1, -0.05) is 56.5 Å². The molecular weight excluding hydrogens is 234 g/mol. The van der Waals surface area contributed by atoms with E-state index in [2.05, 4.69) is 41.4 Å². The van der Waals surface area contributed by atoms with Crippen molar-refractivity contribution in [3.63, 3.8) is 0 Å². The molecule has 1 N–H and O–H groups in total. The van der Waals surface area contributed by atoms with Crippen molar-refractivity contribution in [2.24, 2.45) is 0 Å². The predicted octanol–water partition coefficient (Wildman–Crippen LogP) is 4.00. The first-order valence-corrected chi connectivity index (χ1v) is 7.31. The minimum absolute atomic E-state index is 0.259. The maximum absolute atomic E-state index is 4.74. The number of benzene rings is 1. The van der Waals surface area contributed by atoms with Gasteiger partial charge in [0, 0.05) is 11.8 Å². The van der Waals surface area contributed by atoms with E-state index in [0.717, 1.165) is 11.6 Å². The van der Waals surface area contributed by atoms with Crippen LogP contribution >= 0.6 is 0 Å².